The molecule has 0 heterocycles. The maximum absolute atomic E-state index is 12.6. The van der Waals surface area contributed by atoms with Crippen LogP contribution >= 0.6 is 0 Å². The number of benzene rings is 3. The molecule has 0 aliphatic heterocycles. The molecule has 5 nitrogen and oxygen atoms in total. The average molecular weight is 368 g/mol. The van der Waals surface area contributed by atoms with Crippen LogP contribution in [0.3, 0.4) is 0 Å². The first-order valence-electron chi connectivity index (χ1n) is 8.07. The van der Waals surface area contributed by atoms with Crippen LogP contribution < -0.4 is 14.8 Å². The number of nitrogens with one attached hydrogen (secondary N) is 2. The van der Waals surface area contributed by atoms with Crippen LogP contribution in [0.1, 0.15) is 5.56 Å². The second kappa shape index (κ2) is 7.49. The van der Waals surface area contributed by atoms with E-state index in [-0.39, 0.29) is 4.90 Å². The summed E-state index contributed by atoms with van der Waals surface area (Å²) in [6.07, 6.45) is 0. The highest BCUT2D eigenvalue weighted by Gasteiger charge is 2.17. The second-order valence-corrected chi connectivity index (χ2v) is 7.46. The van der Waals surface area contributed by atoms with Crippen LogP contribution in [0.15, 0.2) is 77.7 Å². The number of ether oxygens (including phenoxy) is 1. The highest BCUT2D eigenvalue weighted by Crippen LogP contribution is 2.24. The van der Waals surface area contributed by atoms with E-state index in [4.69, 9.17) is 4.74 Å². The van der Waals surface area contributed by atoms with E-state index in [0.717, 1.165) is 11.4 Å². The minimum atomic E-state index is -3.67. The van der Waals surface area contributed by atoms with Gasteiger partial charge in [0.15, 0.2) is 0 Å². The maximum Gasteiger partial charge on any atom is 0.262 e. The molecule has 0 fully saturated rings. The van der Waals surface area contributed by atoms with Crippen LogP contribution in [-0.2, 0) is 10.0 Å². The molecule has 0 aromatic heterocycles. The Kier molecular flexibility index (Phi) is 5.14. The summed E-state index contributed by atoms with van der Waals surface area (Å²) in [4.78, 5) is 0.227. The van der Waals surface area contributed by atoms with E-state index in [1.165, 1.54) is 0 Å². The summed E-state index contributed by atoms with van der Waals surface area (Å²) in [7, 11) is -2.12. The Morgan fingerprint density at radius 2 is 1.42 bits per heavy atom. The number of sulfonamides is 1. The van der Waals surface area contributed by atoms with Gasteiger partial charge >= 0.3 is 0 Å². The molecular formula is C20H20N2O3S. The molecule has 0 saturated carbocycles. The first-order valence-corrected chi connectivity index (χ1v) is 9.56. The Morgan fingerprint density at radius 3 is 2.04 bits per heavy atom. The predicted molar refractivity (Wildman–Crippen MR) is 105 cm³/mol. The minimum absolute atomic E-state index is 0.227. The molecule has 134 valence electrons. The molecule has 0 saturated heterocycles. The van der Waals surface area contributed by atoms with Crippen LogP contribution in [0, 0.1) is 6.92 Å². The van der Waals surface area contributed by atoms with E-state index in [9.17, 15) is 8.42 Å². The SMILES string of the molecule is COc1ccc(S(=O)(=O)Nc2ccc(Nc3ccccc3)cc2)c(C)c1. The molecule has 0 aliphatic rings. The Balaban J connectivity index is 1.76. The maximum atomic E-state index is 12.6. The first kappa shape index (κ1) is 17.8. The number of anilines is 3. The topological polar surface area (TPSA) is 67.4 Å². The summed E-state index contributed by atoms with van der Waals surface area (Å²) in [6, 6.07) is 21.7. The third kappa shape index (κ3) is 4.15. The summed E-state index contributed by atoms with van der Waals surface area (Å²) in [5.41, 5.74) is 2.97. The average Bonchev–Trinajstić information content (AvgIpc) is 2.63. The van der Waals surface area contributed by atoms with Gasteiger partial charge in [-0.2, -0.15) is 0 Å². The van der Waals surface area contributed by atoms with Crippen molar-refractivity contribution in [2.75, 3.05) is 17.1 Å². The summed E-state index contributed by atoms with van der Waals surface area (Å²) >= 11 is 0. The van der Waals surface area contributed by atoms with Crippen molar-refractivity contribution in [3.8, 4) is 5.75 Å². The van der Waals surface area contributed by atoms with E-state index in [0.29, 0.717) is 17.0 Å². The highest BCUT2D eigenvalue weighted by atomic mass is 32.2. The molecule has 0 unspecified atom stereocenters. The lowest BCUT2D eigenvalue weighted by molar-refractivity contribution is 0.414. The van der Waals surface area contributed by atoms with Crippen molar-refractivity contribution in [2.24, 2.45) is 0 Å². The fraction of sp³-hybridized carbons (Fsp3) is 0.100. The molecule has 0 aliphatic carbocycles. The Hall–Kier alpha value is -2.99. The number of methoxy groups -OCH3 is 1. The lowest BCUT2D eigenvalue weighted by Gasteiger charge is -2.12. The van der Waals surface area contributed by atoms with Gasteiger partial charge in [-0.15, -0.1) is 0 Å². The zero-order valence-corrected chi connectivity index (χ0v) is 15.4. The number of hydrogen-bond donors (Lipinski definition) is 2. The van der Waals surface area contributed by atoms with Gasteiger partial charge in [-0.3, -0.25) is 4.72 Å². The van der Waals surface area contributed by atoms with Crippen molar-refractivity contribution in [3.05, 3.63) is 78.4 Å². The molecule has 0 bridgehead atoms. The number of rotatable bonds is 6. The molecule has 0 spiro atoms. The van der Waals surface area contributed by atoms with E-state index >= 15 is 0 Å². The molecule has 26 heavy (non-hydrogen) atoms. The zero-order valence-electron chi connectivity index (χ0n) is 14.6. The molecule has 0 atom stereocenters. The minimum Gasteiger partial charge on any atom is -0.497 e. The first-order chi connectivity index (χ1) is 12.5. The molecule has 3 rings (SSSR count). The summed E-state index contributed by atoms with van der Waals surface area (Å²) < 4.78 is 33.0. The van der Waals surface area contributed by atoms with Gasteiger partial charge in [-0.05, 0) is 67.1 Å². The lowest BCUT2D eigenvalue weighted by atomic mass is 10.2. The summed E-state index contributed by atoms with van der Waals surface area (Å²) in [5.74, 6) is 0.623. The van der Waals surface area contributed by atoms with Crippen LogP contribution in [0.2, 0.25) is 0 Å². The van der Waals surface area contributed by atoms with Gasteiger partial charge in [0.25, 0.3) is 10.0 Å². The molecule has 3 aromatic rings. The molecule has 0 radical (unpaired) electrons. The van der Waals surface area contributed by atoms with Gasteiger partial charge in [0.1, 0.15) is 5.75 Å². The van der Waals surface area contributed by atoms with E-state index in [2.05, 4.69) is 10.0 Å². The fourth-order valence-corrected chi connectivity index (χ4v) is 3.86. The second-order valence-electron chi connectivity index (χ2n) is 5.81. The largest absolute Gasteiger partial charge is 0.497 e. The number of hydrogen-bond acceptors (Lipinski definition) is 4. The summed E-state index contributed by atoms with van der Waals surface area (Å²) in [5, 5.41) is 3.26. The van der Waals surface area contributed by atoms with Gasteiger partial charge in [0.05, 0.1) is 12.0 Å². The molecule has 3 aromatic carbocycles. The van der Waals surface area contributed by atoms with Crippen molar-refractivity contribution in [2.45, 2.75) is 11.8 Å². The smallest absolute Gasteiger partial charge is 0.262 e. The van der Waals surface area contributed by atoms with E-state index < -0.39 is 10.0 Å². The molecule has 2 N–H and O–H groups in total. The van der Waals surface area contributed by atoms with E-state index in [1.54, 1.807) is 44.4 Å². The van der Waals surface area contributed by atoms with Crippen molar-refractivity contribution < 1.29 is 13.2 Å². The van der Waals surface area contributed by atoms with Gasteiger partial charge < -0.3 is 10.1 Å². The van der Waals surface area contributed by atoms with Gasteiger partial charge in [-0.1, -0.05) is 18.2 Å². The number of aryl methyl sites for hydroxylation is 1. The fourth-order valence-electron chi connectivity index (χ4n) is 2.57. The standard InChI is InChI=1S/C20H20N2O3S/c1-15-14-19(25-2)12-13-20(15)26(23,24)22-18-10-8-17(9-11-18)21-16-6-4-3-5-7-16/h3-14,21-22H,1-2H3. The van der Waals surface area contributed by atoms with Crippen molar-refractivity contribution in [1.29, 1.82) is 0 Å². The van der Waals surface area contributed by atoms with Crippen molar-refractivity contribution in [3.63, 3.8) is 0 Å². The predicted octanol–water partition coefficient (Wildman–Crippen LogP) is 4.55. The van der Waals surface area contributed by atoms with Crippen LogP contribution in [0.5, 0.6) is 5.75 Å². The Bertz CT molecular complexity index is 985. The highest BCUT2D eigenvalue weighted by molar-refractivity contribution is 7.92. The van der Waals surface area contributed by atoms with Gasteiger partial charge in [0.2, 0.25) is 0 Å². The Morgan fingerprint density at radius 1 is 0.808 bits per heavy atom. The normalized spacial score (nSPS) is 11.0. The molecular weight excluding hydrogens is 348 g/mol. The number of para-hydroxylation sites is 1. The van der Waals surface area contributed by atoms with Crippen LogP contribution in [0.4, 0.5) is 17.1 Å². The molecule has 0 amide bonds. The monoisotopic (exact) mass is 368 g/mol. The lowest BCUT2D eigenvalue weighted by Crippen LogP contribution is -2.14. The molecule has 6 heteroatoms. The van der Waals surface area contributed by atoms with Crippen molar-refractivity contribution in [1.82, 2.24) is 0 Å². The zero-order chi connectivity index (χ0) is 18.6. The third-order valence-corrected chi connectivity index (χ3v) is 5.41. The summed E-state index contributed by atoms with van der Waals surface area (Å²) in [6.45, 7) is 1.74. The van der Waals surface area contributed by atoms with Gasteiger partial charge in [-0.25, -0.2) is 8.42 Å². The van der Waals surface area contributed by atoms with Crippen LogP contribution in [-0.4, -0.2) is 15.5 Å². The Labute approximate surface area is 153 Å². The van der Waals surface area contributed by atoms with Crippen molar-refractivity contribution >= 4 is 27.1 Å². The quantitative estimate of drug-likeness (QED) is 0.670. The van der Waals surface area contributed by atoms with Crippen LogP contribution in [0.25, 0.3) is 0 Å². The van der Waals surface area contributed by atoms with E-state index in [1.807, 2.05) is 42.5 Å². The van der Waals surface area contributed by atoms with Gasteiger partial charge in [0, 0.05) is 17.1 Å². The third-order valence-electron chi connectivity index (χ3n) is 3.87.